The van der Waals surface area contributed by atoms with Gasteiger partial charge in [0.1, 0.15) is 0 Å². The first-order chi connectivity index (χ1) is 7.02. The van der Waals surface area contributed by atoms with Crippen molar-refractivity contribution in [1.29, 1.82) is 0 Å². The Morgan fingerprint density at radius 2 is 1.73 bits per heavy atom. The van der Waals surface area contributed by atoms with E-state index in [-0.39, 0.29) is 6.42 Å². The van der Waals surface area contributed by atoms with Crippen LogP contribution < -0.4 is 0 Å². The molecule has 0 radical (unpaired) electrons. The Morgan fingerprint density at radius 3 is 2.13 bits per heavy atom. The number of carboxylic acid groups (broad SMARTS) is 1. The van der Waals surface area contributed by atoms with Crippen molar-refractivity contribution in [2.75, 3.05) is 0 Å². The van der Waals surface area contributed by atoms with Crippen molar-refractivity contribution < 1.29 is 9.90 Å². The minimum Gasteiger partial charge on any atom is -0.481 e. The largest absolute Gasteiger partial charge is 0.481 e. The summed E-state index contributed by atoms with van der Waals surface area (Å²) in [6.45, 7) is 10.2. The van der Waals surface area contributed by atoms with Crippen LogP contribution in [0.2, 0.25) is 0 Å². The molecule has 0 saturated heterocycles. The zero-order valence-corrected chi connectivity index (χ0v) is 10.1. The Kier molecular flexibility index (Phi) is 6.76. The molecule has 2 nitrogen and oxygen atoms in total. The predicted molar refractivity (Wildman–Crippen MR) is 63.9 cm³/mol. The summed E-state index contributed by atoms with van der Waals surface area (Å²) in [4.78, 5) is 10.6. The molecule has 1 N–H and O–H groups in total. The number of allylic oxidation sites excluding steroid dienone is 2. The van der Waals surface area contributed by atoms with Crippen LogP contribution in [0.25, 0.3) is 0 Å². The Balaban J connectivity index is 4.70. The van der Waals surface area contributed by atoms with E-state index in [0.29, 0.717) is 0 Å². The van der Waals surface area contributed by atoms with Gasteiger partial charge in [0.25, 0.3) is 0 Å². The van der Waals surface area contributed by atoms with Gasteiger partial charge in [0.15, 0.2) is 0 Å². The van der Waals surface area contributed by atoms with Crippen LogP contribution >= 0.6 is 0 Å². The summed E-state index contributed by atoms with van der Waals surface area (Å²) in [7, 11) is 0. The minimum absolute atomic E-state index is 0.0659. The molecular weight excluding hydrogens is 188 g/mol. The fourth-order valence-electron chi connectivity index (χ4n) is 1.76. The maximum absolute atomic E-state index is 10.6. The second-order valence-electron chi connectivity index (χ2n) is 3.93. The van der Waals surface area contributed by atoms with Gasteiger partial charge < -0.3 is 5.11 Å². The summed E-state index contributed by atoms with van der Waals surface area (Å²) in [5, 5.41) is 8.73. The molecule has 0 aromatic rings. The first kappa shape index (κ1) is 13.9. The van der Waals surface area contributed by atoms with Crippen LogP contribution in [0.5, 0.6) is 0 Å². The van der Waals surface area contributed by atoms with Gasteiger partial charge in [0.05, 0.1) is 6.42 Å². The topological polar surface area (TPSA) is 37.3 Å². The maximum Gasteiger partial charge on any atom is 0.307 e. The SMILES string of the molecule is C=C(CC(=O)O)/C(CCC)=C(\C)CCC. The quantitative estimate of drug-likeness (QED) is 0.646. The molecule has 0 aromatic carbocycles. The molecule has 0 fully saturated rings. The van der Waals surface area contributed by atoms with Gasteiger partial charge in [0.2, 0.25) is 0 Å². The molecule has 0 aliphatic carbocycles. The highest BCUT2D eigenvalue weighted by Crippen LogP contribution is 2.24. The smallest absolute Gasteiger partial charge is 0.307 e. The first-order valence-corrected chi connectivity index (χ1v) is 5.61. The van der Waals surface area contributed by atoms with Gasteiger partial charge in [-0.05, 0) is 30.9 Å². The molecule has 0 aromatic heterocycles. The fourth-order valence-corrected chi connectivity index (χ4v) is 1.76. The second-order valence-corrected chi connectivity index (χ2v) is 3.93. The zero-order valence-electron chi connectivity index (χ0n) is 10.1. The molecule has 86 valence electrons. The summed E-state index contributed by atoms with van der Waals surface area (Å²) in [5.41, 5.74) is 3.24. The molecule has 0 saturated carbocycles. The summed E-state index contributed by atoms with van der Waals surface area (Å²) >= 11 is 0. The van der Waals surface area contributed by atoms with Gasteiger partial charge in [0, 0.05) is 0 Å². The van der Waals surface area contributed by atoms with Crippen LogP contribution in [-0.4, -0.2) is 11.1 Å². The van der Waals surface area contributed by atoms with Crippen molar-refractivity contribution in [2.45, 2.75) is 52.9 Å². The molecule has 0 unspecified atom stereocenters. The number of hydrogen-bond donors (Lipinski definition) is 1. The lowest BCUT2D eigenvalue weighted by molar-refractivity contribution is -0.136. The highest BCUT2D eigenvalue weighted by atomic mass is 16.4. The Hall–Kier alpha value is -1.05. The van der Waals surface area contributed by atoms with Gasteiger partial charge >= 0.3 is 5.97 Å². The van der Waals surface area contributed by atoms with E-state index in [2.05, 4.69) is 27.4 Å². The van der Waals surface area contributed by atoms with Crippen molar-refractivity contribution in [1.82, 2.24) is 0 Å². The molecule has 15 heavy (non-hydrogen) atoms. The molecule has 0 aliphatic rings. The van der Waals surface area contributed by atoms with Gasteiger partial charge in [-0.15, -0.1) is 0 Å². The summed E-state index contributed by atoms with van der Waals surface area (Å²) in [5.74, 6) is -0.794. The number of aliphatic carboxylic acids is 1. The van der Waals surface area contributed by atoms with Crippen LogP contribution in [-0.2, 0) is 4.79 Å². The molecule has 0 amide bonds. The Morgan fingerprint density at radius 1 is 1.20 bits per heavy atom. The van der Waals surface area contributed by atoms with Crippen molar-refractivity contribution in [2.24, 2.45) is 0 Å². The van der Waals surface area contributed by atoms with Crippen LogP contribution in [0.3, 0.4) is 0 Å². The lowest BCUT2D eigenvalue weighted by Gasteiger charge is -2.12. The normalized spacial score (nSPS) is 12.2. The van der Waals surface area contributed by atoms with Gasteiger partial charge in [-0.1, -0.05) is 38.8 Å². The van der Waals surface area contributed by atoms with Gasteiger partial charge in [-0.3, -0.25) is 4.79 Å². The standard InChI is InChI=1S/C13H22O2/c1-5-7-10(3)12(8-6-2)11(4)9-13(14)15/h4-9H2,1-3H3,(H,14,15)/b12-10+. The third-order valence-electron chi connectivity index (χ3n) is 2.43. The number of hydrogen-bond acceptors (Lipinski definition) is 1. The average Bonchev–Trinajstić information content (AvgIpc) is 2.13. The highest BCUT2D eigenvalue weighted by Gasteiger charge is 2.09. The molecule has 0 atom stereocenters. The van der Waals surface area contributed by atoms with Crippen molar-refractivity contribution in [3.05, 3.63) is 23.3 Å². The Labute approximate surface area is 92.7 Å². The third-order valence-corrected chi connectivity index (χ3v) is 2.43. The van der Waals surface area contributed by atoms with Crippen LogP contribution in [0.4, 0.5) is 0 Å². The Bertz CT molecular complexity index is 262. The highest BCUT2D eigenvalue weighted by molar-refractivity contribution is 5.71. The fraction of sp³-hybridized carbons (Fsp3) is 0.615. The van der Waals surface area contributed by atoms with E-state index in [9.17, 15) is 4.79 Å². The van der Waals surface area contributed by atoms with E-state index < -0.39 is 5.97 Å². The van der Waals surface area contributed by atoms with E-state index >= 15 is 0 Å². The first-order valence-electron chi connectivity index (χ1n) is 5.61. The van der Waals surface area contributed by atoms with Crippen molar-refractivity contribution in [3.63, 3.8) is 0 Å². The maximum atomic E-state index is 10.6. The van der Waals surface area contributed by atoms with Gasteiger partial charge in [-0.2, -0.15) is 0 Å². The molecule has 0 spiro atoms. The number of carboxylic acids is 1. The lowest BCUT2D eigenvalue weighted by Crippen LogP contribution is -2.01. The average molecular weight is 210 g/mol. The predicted octanol–water partition coefficient (Wildman–Crippen LogP) is 3.93. The molecule has 0 aliphatic heterocycles. The summed E-state index contributed by atoms with van der Waals surface area (Å²) < 4.78 is 0. The van der Waals surface area contributed by atoms with Crippen LogP contribution in [0.15, 0.2) is 23.3 Å². The van der Waals surface area contributed by atoms with Crippen molar-refractivity contribution in [3.8, 4) is 0 Å². The number of carbonyl (C=O) groups is 1. The summed E-state index contributed by atoms with van der Waals surface area (Å²) in [6.07, 6.45) is 4.18. The molecule has 0 heterocycles. The monoisotopic (exact) mass is 210 g/mol. The second kappa shape index (κ2) is 7.27. The number of rotatable bonds is 7. The lowest BCUT2D eigenvalue weighted by atomic mass is 9.93. The van der Waals surface area contributed by atoms with Crippen LogP contribution in [0.1, 0.15) is 52.9 Å². The molecule has 0 bridgehead atoms. The van der Waals surface area contributed by atoms with E-state index in [0.717, 1.165) is 31.3 Å². The molecular formula is C13H22O2. The van der Waals surface area contributed by atoms with E-state index in [4.69, 9.17) is 5.11 Å². The third kappa shape index (κ3) is 5.40. The van der Waals surface area contributed by atoms with E-state index in [1.165, 1.54) is 11.1 Å². The van der Waals surface area contributed by atoms with E-state index in [1.54, 1.807) is 0 Å². The van der Waals surface area contributed by atoms with Gasteiger partial charge in [-0.25, -0.2) is 0 Å². The molecule has 2 heteroatoms. The summed E-state index contributed by atoms with van der Waals surface area (Å²) in [6, 6.07) is 0. The van der Waals surface area contributed by atoms with E-state index in [1.807, 2.05) is 0 Å². The minimum atomic E-state index is -0.794. The van der Waals surface area contributed by atoms with Crippen LogP contribution in [0, 0.1) is 0 Å². The zero-order chi connectivity index (χ0) is 11.8. The molecule has 0 rings (SSSR count). The van der Waals surface area contributed by atoms with Crippen molar-refractivity contribution >= 4 is 5.97 Å².